The first-order valence-corrected chi connectivity index (χ1v) is 8.46. The maximum absolute atomic E-state index is 10.6. The monoisotopic (exact) mass is 364 g/mol. The predicted octanol–water partition coefficient (Wildman–Crippen LogP) is 3.00. The van der Waals surface area contributed by atoms with Gasteiger partial charge in [-0.1, -0.05) is 0 Å². The molecule has 8 nitrogen and oxygen atoms in total. The molecule has 0 heterocycles. The maximum atomic E-state index is 10.6. The molecular weight excluding hydrogens is 348 g/mol. The molecular formula is C16H16N2O6S. The number of benzene rings is 2. The van der Waals surface area contributed by atoms with Crippen molar-refractivity contribution in [2.75, 3.05) is 11.5 Å². The topological polar surface area (TPSA) is 127 Å². The second kappa shape index (κ2) is 8.56. The van der Waals surface area contributed by atoms with Gasteiger partial charge in [0.15, 0.2) is 0 Å². The van der Waals surface area contributed by atoms with Crippen LogP contribution in [0.4, 0.5) is 11.4 Å². The van der Waals surface area contributed by atoms with Crippen LogP contribution in [-0.2, 0) is 0 Å². The van der Waals surface area contributed by atoms with Gasteiger partial charge in [0.05, 0.1) is 22.1 Å². The van der Waals surface area contributed by atoms with Crippen LogP contribution in [0.1, 0.15) is 23.3 Å². The van der Waals surface area contributed by atoms with Gasteiger partial charge in [0.2, 0.25) is 0 Å². The van der Waals surface area contributed by atoms with Gasteiger partial charge in [0.1, 0.15) is 0 Å². The molecule has 0 saturated heterocycles. The van der Waals surface area contributed by atoms with Crippen LogP contribution in [0.25, 0.3) is 0 Å². The zero-order chi connectivity index (χ0) is 18.4. The fourth-order valence-corrected chi connectivity index (χ4v) is 3.09. The SMILES string of the molecule is O=[N+]([O-])c1ccc(C(O)CSCC(O)c2ccc([N+](=O)[O-])cc2)cc1. The van der Waals surface area contributed by atoms with E-state index in [-0.39, 0.29) is 11.4 Å². The van der Waals surface area contributed by atoms with Crippen molar-refractivity contribution in [1.82, 2.24) is 0 Å². The number of rotatable bonds is 8. The van der Waals surface area contributed by atoms with Gasteiger partial charge in [-0.25, -0.2) is 0 Å². The highest BCUT2D eigenvalue weighted by Gasteiger charge is 2.14. The van der Waals surface area contributed by atoms with E-state index in [0.29, 0.717) is 22.6 Å². The average Bonchev–Trinajstić information content (AvgIpc) is 2.61. The van der Waals surface area contributed by atoms with Crippen molar-refractivity contribution >= 4 is 23.1 Å². The third kappa shape index (κ3) is 5.24. The van der Waals surface area contributed by atoms with Crippen molar-refractivity contribution in [3.05, 3.63) is 79.9 Å². The Morgan fingerprint density at radius 3 is 1.36 bits per heavy atom. The second-order valence-electron chi connectivity index (χ2n) is 5.27. The van der Waals surface area contributed by atoms with Gasteiger partial charge in [-0.05, 0) is 35.4 Å². The van der Waals surface area contributed by atoms with Crippen molar-refractivity contribution in [1.29, 1.82) is 0 Å². The molecule has 0 spiro atoms. The molecule has 2 N–H and O–H groups in total. The number of aliphatic hydroxyl groups excluding tert-OH is 2. The average molecular weight is 364 g/mol. The Morgan fingerprint density at radius 1 is 0.760 bits per heavy atom. The van der Waals surface area contributed by atoms with Crippen molar-refractivity contribution in [3.63, 3.8) is 0 Å². The Kier molecular flexibility index (Phi) is 6.45. The quantitative estimate of drug-likeness (QED) is 0.544. The minimum Gasteiger partial charge on any atom is -0.388 e. The van der Waals surface area contributed by atoms with E-state index in [4.69, 9.17) is 0 Å². The molecule has 0 fully saturated rings. The number of nitro benzene ring substituents is 2. The Morgan fingerprint density at radius 2 is 1.08 bits per heavy atom. The summed E-state index contributed by atoms with van der Waals surface area (Å²) < 4.78 is 0. The molecule has 0 aliphatic rings. The Labute approximate surface area is 147 Å². The van der Waals surface area contributed by atoms with E-state index >= 15 is 0 Å². The fourth-order valence-electron chi connectivity index (χ4n) is 2.12. The molecule has 0 aliphatic heterocycles. The lowest BCUT2D eigenvalue weighted by Crippen LogP contribution is -2.05. The summed E-state index contributed by atoms with van der Waals surface area (Å²) in [5.74, 6) is 0.615. The minimum atomic E-state index is -0.810. The zero-order valence-corrected chi connectivity index (χ0v) is 13.8. The van der Waals surface area contributed by atoms with Crippen molar-refractivity contribution < 1.29 is 20.1 Å². The summed E-state index contributed by atoms with van der Waals surface area (Å²) in [6.45, 7) is 0. The van der Waals surface area contributed by atoms with Crippen LogP contribution in [0, 0.1) is 20.2 Å². The molecule has 0 bridgehead atoms. The molecule has 0 aliphatic carbocycles. The number of aliphatic hydroxyl groups is 2. The summed E-state index contributed by atoms with van der Waals surface area (Å²) in [6.07, 6.45) is -1.62. The molecule has 132 valence electrons. The number of hydrogen-bond acceptors (Lipinski definition) is 7. The molecule has 25 heavy (non-hydrogen) atoms. The Hall–Kier alpha value is -2.49. The van der Waals surface area contributed by atoms with Crippen LogP contribution < -0.4 is 0 Å². The largest absolute Gasteiger partial charge is 0.388 e. The Balaban J connectivity index is 1.84. The molecule has 2 aromatic carbocycles. The highest BCUT2D eigenvalue weighted by molar-refractivity contribution is 7.99. The molecule has 0 aromatic heterocycles. The number of thioether (sulfide) groups is 1. The first kappa shape index (κ1) is 18.8. The summed E-state index contributed by atoms with van der Waals surface area (Å²) in [7, 11) is 0. The predicted molar refractivity (Wildman–Crippen MR) is 93.4 cm³/mol. The Bertz CT molecular complexity index is 672. The normalized spacial score (nSPS) is 13.2. The van der Waals surface area contributed by atoms with Gasteiger partial charge in [-0.15, -0.1) is 0 Å². The van der Waals surface area contributed by atoms with Crippen LogP contribution in [0.5, 0.6) is 0 Å². The lowest BCUT2D eigenvalue weighted by molar-refractivity contribution is -0.385. The maximum Gasteiger partial charge on any atom is 0.269 e. The molecule has 2 atom stereocenters. The van der Waals surface area contributed by atoms with Crippen molar-refractivity contribution in [2.24, 2.45) is 0 Å². The number of nitrogens with zero attached hydrogens (tertiary/aromatic N) is 2. The first-order chi connectivity index (χ1) is 11.9. The molecule has 9 heteroatoms. The van der Waals surface area contributed by atoms with E-state index in [0.717, 1.165) is 0 Å². The lowest BCUT2D eigenvalue weighted by Gasteiger charge is -2.13. The molecule has 2 rings (SSSR count). The fraction of sp³-hybridized carbons (Fsp3) is 0.250. The smallest absolute Gasteiger partial charge is 0.269 e. The number of nitro groups is 2. The third-order valence-electron chi connectivity index (χ3n) is 3.53. The number of hydrogen-bond donors (Lipinski definition) is 2. The van der Waals surface area contributed by atoms with Crippen LogP contribution in [0.2, 0.25) is 0 Å². The molecule has 2 unspecified atom stereocenters. The summed E-state index contributed by atoms with van der Waals surface area (Å²) in [4.78, 5) is 20.2. The molecule has 2 aromatic rings. The van der Waals surface area contributed by atoms with Gasteiger partial charge >= 0.3 is 0 Å². The van der Waals surface area contributed by atoms with Crippen LogP contribution >= 0.6 is 11.8 Å². The van der Waals surface area contributed by atoms with Gasteiger partial charge in [-0.3, -0.25) is 20.2 Å². The summed E-state index contributed by atoms with van der Waals surface area (Å²) in [5, 5.41) is 41.4. The molecule has 0 amide bonds. The van der Waals surface area contributed by atoms with E-state index < -0.39 is 22.1 Å². The van der Waals surface area contributed by atoms with E-state index in [1.807, 2.05) is 0 Å². The van der Waals surface area contributed by atoms with Gasteiger partial charge < -0.3 is 10.2 Å². The molecule has 0 saturated carbocycles. The van der Waals surface area contributed by atoms with Gasteiger partial charge in [0.25, 0.3) is 11.4 Å². The van der Waals surface area contributed by atoms with Crippen LogP contribution in [-0.4, -0.2) is 31.6 Å². The van der Waals surface area contributed by atoms with Crippen LogP contribution in [0.15, 0.2) is 48.5 Å². The van der Waals surface area contributed by atoms with E-state index in [1.165, 1.54) is 60.3 Å². The van der Waals surface area contributed by atoms with Crippen molar-refractivity contribution in [3.8, 4) is 0 Å². The summed E-state index contributed by atoms with van der Waals surface area (Å²) in [6, 6.07) is 11.3. The van der Waals surface area contributed by atoms with E-state index in [2.05, 4.69) is 0 Å². The van der Waals surface area contributed by atoms with Crippen molar-refractivity contribution in [2.45, 2.75) is 12.2 Å². The standard InChI is InChI=1S/C16H16N2O6S/c19-15(11-1-5-13(6-2-11)17(21)22)9-25-10-16(20)12-3-7-14(8-4-12)18(23)24/h1-8,15-16,19-20H,9-10H2. The second-order valence-corrected chi connectivity index (χ2v) is 6.34. The van der Waals surface area contributed by atoms with Gasteiger partial charge in [0, 0.05) is 35.8 Å². The summed E-state index contributed by atoms with van der Waals surface area (Å²) in [5.41, 5.74) is 1.03. The number of non-ortho nitro benzene ring substituents is 2. The highest BCUT2D eigenvalue weighted by Crippen LogP contribution is 2.25. The van der Waals surface area contributed by atoms with E-state index in [9.17, 15) is 30.4 Å². The minimum absolute atomic E-state index is 0.0443. The van der Waals surface area contributed by atoms with E-state index in [1.54, 1.807) is 0 Å². The van der Waals surface area contributed by atoms with Crippen LogP contribution in [0.3, 0.4) is 0 Å². The zero-order valence-electron chi connectivity index (χ0n) is 13.0. The third-order valence-corrected chi connectivity index (χ3v) is 4.63. The first-order valence-electron chi connectivity index (χ1n) is 7.31. The summed E-state index contributed by atoms with van der Waals surface area (Å²) >= 11 is 1.31. The molecule has 0 radical (unpaired) electrons. The lowest BCUT2D eigenvalue weighted by atomic mass is 10.1. The highest BCUT2D eigenvalue weighted by atomic mass is 32.2. The van der Waals surface area contributed by atoms with Gasteiger partial charge in [-0.2, -0.15) is 11.8 Å².